The first kappa shape index (κ1) is 20.9. The van der Waals surface area contributed by atoms with Gasteiger partial charge in [0.1, 0.15) is 0 Å². The van der Waals surface area contributed by atoms with Crippen LogP contribution in [-0.2, 0) is 6.54 Å². The predicted molar refractivity (Wildman–Crippen MR) is 129 cm³/mol. The summed E-state index contributed by atoms with van der Waals surface area (Å²) in [5.41, 5.74) is 7.71. The molecule has 0 amide bonds. The van der Waals surface area contributed by atoms with Crippen molar-refractivity contribution in [3.05, 3.63) is 77.9 Å². The number of fused-ring (bicyclic) bond motifs is 1. The molecule has 0 bridgehead atoms. The molecule has 0 radical (unpaired) electrons. The highest BCUT2D eigenvalue weighted by molar-refractivity contribution is 5.82. The maximum Gasteiger partial charge on any atom is 0.297 e. The molecule has 0 aliphatic heterocycles. The van der Waals surface area contributed by atoms with Gasteiger partial charge in [-0.3, -0.25) is 4.57 Å². The first-order valence-electron chi connectivity index (χ1n) is 11.2. The van der Waals surface area contributed by atoms with Crippen LogP contribution in [0.2, 0.25) is 0 Å². The van der Waals surface area contributed by atoms with Gasteiger partial charge in [0.2, 0.25) is 0 Å². The summed E-state index contributed by atoms with van der Waals surface area (Å²) in [4.78, 5) is 4.77. The molecule has 1 N–H and O–H groups in total. The topological polar surface area (TPSA) is 81.5 Å². The monoisotopic (exact) mass is 438 g/mol. The van der Waals surface area contributed by atoms with E-state index in [1.807, 2.05) is 25.1 Å². The Balaban J connectivity index is 1.52. The Bertz CT molecular complexity index is 1370. The number of tetrazole rings is 1. The van der Waals surface area contributed by atoms with Gasteiger partial charge in [-0.15, -0.1) is 5.10 Å². The molecule has 0 saturated carbocycles. The van der Waals surface area contributed by atoms with Gasteiger partial charge in [-0.05, 0) is 51.6 Å². The van der Waals surface area contributed by atoms with E-state index >= 15 is 0 Å². The average molecular weight is 439 g/mol. The van der Waals surface area contributed by atoms with Crippen LogP contribution >= 0.6 is 0 Å². The van der Waals surface area contributed by atoms with Crippen molar-refractivity contribution in [2.75, 3.05) is 6.61 Å². The predicted octanol–water partition coefficient (Wildman–Crippen LogP) is 5.45. The number of aromatic amines is 1. The molecule has 33 heavy (non-hydrogen) atoms. The zero-order valence-electron chi connectivity index (χ0n) is 19.0. The van der Waals surface area contributed by atoms with Crippen LogP contribution in [0.15, 0.2) is 66.7 Å². The van der Waals surface area contributed by atoms with Crippen LogP contribution in [0.3, 0.4) is 0 Å². The Kier molecular flexibility index (Phi) is 5.60. The number of imidazole rings is 1. The number of hydrogen-bond donors (Lipinski definition) is 1. The first-order valence-corrected chi connectivity index (χ1v) is 11.2. The largest absolute Gasteiger partial charge is 0.465 e. The van der Waals surface area contributed by atoms with E-state index in [0.29, 0.717) is 30.9 Å². The summed E-state index contributed by atoms with van der Waals surface area (Å²) >= 11 is 0. The summed E-state index contributed by atoms with van der Waals surface area (Å²) in [7, 11) is 0. The third-order valence-electron chi connectivity index (χ3n) is 5.79. The van der Waals surface area contributed by atoms with Gasteiger partial charge in [0.25, 0.3) is 6.01 Å². The third-order valence-corrected chi connectivity index (χ3v) is 5.79. The van der Waals surface area contributed by atoms with Gasteiger partial charge in [-0.25, -0.2) is 5.10 Å². The van der Waals surface area contributed by atoms with E-state index in [1.165, 1.54) is 11.1 Å². The molecule has 5 rings (SSSR count). The fourth-order valence-electron chi connectivity index (χ4n) is 4.23. The molecule has 166 valence electrons. The lowest BCUT2D eigenvalue weighted by molar-refractivity contribution is 0.301. The normalized spacial score (nSPS) is 11.4. The Hall–Kier alpha value is -4.00. The summed E-state index contributed by atoms with van der Waals surface area (Å²) in [5, 5.41) is 14.4. The number of para-hydroxylation sites is 1. The molecule has 0 atom stereocenters. The van der Waals surface area contributed by atoms with E-state index in [4.69, 9.17) is 9.72 Å². The van der Waals surface area contributed by atoms with E-state index in [9.17, 15) is 0 Å². The molecule has 2 heterocycles. The van der Waals surface area contributed by atoms with Gasteiger partial charge in [0, 0.05) is 5.56 Å². The molecule has 7 nitrogen and oxygen atoms in total. The lowest BCUT2D eigenvalue weighted by Gasteiger charge is -2.14. The number of nitrogens with zero attached hydrogens (tertiary/aromatic N) is 5. The number of aromatic nitrogens is 6. The van der Waals surface area contributed by atoms with Crippen LogP contribution in [-0.4, -0.2) is 36.8 Å². The van der Waals surface area contributed by atoms with Crippen LogP contribution in [0, 0.1) is 0 Å². The molecule has 5 aromatic rings. The van der Waals surface area contributed by atoms with E-state index < -0.39 is 0 Å². The molecular weight excluding hydrogens is 412 g/mol. The zero-order chi connectivity index (χ0) is 22.8. The zero-order valence-corrected chi connectivity index (χ0v) is 19.0. The minimum Gasteiger partial charge on any atom is -0.465 e. The summed E-state index contributed by atoms with van der Waals surface area (Å²) < 4.78 is 8.10. The minimum absolute atomic E-state index is 0.392. The molecule has 2 aromatic heterocycles. The molecule has 7 heteroatoms. The summed E-state index contributed by atoms with van der Waals surface area (Å²) in [6, 6.07) is 23.7. The van der Waals surface area contributed by atoms with Crippen molar-refractivity contribution < 1.29 is 4.74 Å². The van der Waals surface area contributed by atoms with Crippen molar-refractivity contribution in [1.82, 2.24) is 30.2 Å². The van der Waals surface area contributed by atoms with Gasteiger partial charge in [0.05, 0.1) is 24.2 Å². The second-order valence-corrected chi connectivity index (χ2v) is 8.28. The number of benzene rings is 3. The maximum atomic E-state index is 5.91. The van der Waals surface area contributed by atoms with E-state index in [2.05, 4.69) is 87.6 Å². The van der Waals surface area contributed by atoms with Crippen LogP contribution < -0.4 is 4.74 Å². The maximum absolute atomic E-state index is 5.91. The van der Waals surface area contributed by atoms with Gasteiger partial charge in [0.15, 0.2) is 5.82 Å². The SMILES string of the molecule is CCOc1nc2cccc(C(C)C)c2n1Cc1ccc(-c2ccccc2-c2nnn[nH]2)cc1. The molecule has 0 unspecified atom stereocenters. The fourth-order valence-corrected chi connectivity index (χ4v) is 4.23. The quantitative estimate of drug-likeness (QED) is 0.365. The van der Waals surface area contributed by atoms with E-state index in [-0.39, 0.29) is 0 Å². The Labute approximate surface area is 192 Å². The number of rotatable bonds is 7. The van der Waals surface area contributed by atoms with Crippen molar-refractivity contribution in [2.45, 2.75) is 33.2 Å². The molecule has 0 saturated heterocycles. The van der Waals surface area contributed by atoms with Crippen LogP contribution in [0.4, 0.5) is 0 Å². The molecule has 0 aliphatic carbocycles. The standard InChI is InChI=1S/C26H26N6O/c1-4-33-26-27-23-11-7-10-20(17(2)3)24(23)32(26)16-18-12-14-19(15-13-18)21-8-5-6-9-22(21)25-28-30-31-29-25/h5-15,17H,4,16H2,1-3H3,(H,28,29,30,31). The van der Waals surface area contributed by atoms with Gasteiger partial charge >= 0.3 is 0 Å². The highest BCUT2D eigenvalue weighted by Crippen LogP contribution is 2.32. The lowest BCUT2D eigenvalue weighted by Crippen LogP contribution is -2.06. The number of H-pyrrole nitrogens is 1. The first-order chi connectivity index (χ1) is 16.2. The van der Waals surface area contributed by atoms with Gasteiger partial charge in [-0.1, -0.05) is 74.5 Å². The molecule has 0 fully saturated rings. The second-order valence-electron chi connectivity index (χ2n) is 8.28. The van der Waals surface area contributed by atoms with Crippen molar-refractivity contribution >= 4 is 11.0 Å². The van der Waals surface area contributed by atoms with Gasteiger partial charge in [-0.2, -0.15) is 4.98 Å². The van der Waals surface area contributed by atoms with Crippen molar-refractivity contribution in [3.8, 4) is 28.5 Å². The van der Waals surface area contributed by atoms with Crippen molar-refractivity contribution in [3.63, 3.8) is 0 Å². The lowest BCUT2D eigenvalue weighted by atomic mass is 9.98. The third kappa shape index (κ3) is 3.98. The van der Waals surface area contributed by atoms with Crippen molar-refractivity contribution in [2.24, 2.45) is 0 Å². The van der Waals surface area contributed by atoms with Crippen LogP contribution in [0.5, 0.6) is 6.01 Å². The van der Waals surface area contributed by atoms with Crippen LogP contribution in [0.1, 0.15) is 37.8 Å². The number of hydrogen-bond acceptors (Lipinski definition) is 5. The summed E-state index contributed by atoms with van der Waals surface area (Å²) in [5.74, 6) is 1.05. The molecule has 0 spiro atoms. The molecule has 3 aromatic carbocycles. The highest BCUT2D eigenvalue weighted by Gasteiger charge is 2.17. The average Bonchev–Trinajstić information content (AvgIpc) is 3.49. The minimum atomic E-state index is 0.392. The fraction of sp³-hybridized carbons (Fsp3) is 0.231. The number of ether oxygens (including phenoxy) is 1. The van der Waals surface area contributed by atoms with E-state index in [1.54, 1.807) is 0 Å². The molecule has 0 aliphatic rings. The van der Waals surface area contributed by atoms with Gasteiger partial charge < -0.3 is 4.74 Å². The Morgan fingerprint density at radius 1 is 0.939 bits per heavy atom. The summed E-state index contributed by atoms with van der Waals surface area (Å²) in [6.45, 7) is 7.67. The second kappa shape index (κ2) is 8.86. The number of nitrogens with one attached hydrogen (secondary N) is 1. The van der Waals surface area contributed by atoms with Crippen molar-refractivity contribution in [1.29, 1.82) is 0 Å². The Morgan fingerprint density at radius 2 is 1.73 bits per heavy atom. The Morgan fingerprint density at radius 3 is 2.42 bits per heavy atom. The highest BCUT2D eigenvalue weighted by atomic mass is 16.5. The molecular formula is C26H26N6O. The van der Waals surface area contributed by atoms with E-state index in [0.717, 1.165) is 27.7 Å². The summed E-state index contributed by atoms with van der Waals surface area (Å²) in [6.07, 6.45) is 0. The smallest absolute Gasteiger partial charge is 0.297 e. The van der Waals surface area contributed by atoms with Crippen LogP contribution in [0.25, 0.3) is 33.5 Å².